The molecule has 1 aliphatic heterocycles. The Hall–Kier alpha value is -1.92. The molecule has 1 aromatic heterocycles. The summed E-state index contributed by atoms with van der Waals surface area (Å²) in [5.41, 5.74) is -0.127. The zero-order valence-electron chi connectivity index (χ0n) is 18.2. The topological polar surface area (TPSA) is 80.1 Å². The van der Waals surface area contributed by atoms with Crippen molar-refractivity contribution >= 4 is 11.8 Å². The summed E-state index contributed by atoms with van der Waals surface area (Å²) in [5.74, 6) is 3.91. The number of nitrogens with zero attached hydrogens (tertiary/aromatic N) is 4. The second-order valence-electron chi connectivity index (χ2n) is 10.4. The number of rotatable bonds is 6. The summed E-state index contributed by atoms with van der Waals surface area (Å²) in [6.45, 7) is 4.92. The molecule has 0 aromatic carbocycles. The SMILES string of the molecule is CCn1cnnc1C1CCCN(C(=O)CCNC(=O)C23CC4CC(CC(C4)C2)C3)C1. The highest BCUT2D eigenvalue weighted by Gasteiger charge is 2.54. The molecule has 164 valence electrons. The molecule has 7 heteroatoms. The van der Waals surface area contributed by atoms with Crippen molar-refractivity contribution in [1.82, 2.24) is 25.0 Å². The molecule has 2 amide bonds. The van der Waals surface area contributed by atoms with Crippen LogP contribution in [0.1, 0.15) is 76.5 Å². The van der Waals surface area contributed by atoms with Gasteiger partial charge in [0.2, 0.25) is 11.8 Å². The number of carbonyl (C=O) groups excluding carboxylic acids is 2. The summed E-state index contributed by atoms with van der Waals surface area (Å²) in [5, 5.41) is 11.5. The van der Waals surface area contributed by atoms with Crippen LogP contribution in [0.5, 0.6) is 0 Å². The minimum atomic E-state index is -0.127. The van der Waals surface area contributed by atoms with Gasteiger partial charge in [-0.05, 0) is 76.0 Å². The van der Waals surface area contributed by atoms with Gasteiger partial charge < -0.3 is 14.8 Å². The normalized spacial score (nSPS) is 34.9. The van der Waals surface area contributed by atoms with Crippen molar-refractivity contribution in [3.63, 3.8) is 0 Å². The van der Waals surface area contributed by atoms with Crippen molar-refractivity contribution < 1.29 is 9.59 Å². The molecule has 30 heavy (non-hydrogen) atoms. The number of piperidine rings is 1. The van der Waals surface area contributed by atoms with Crippen LogP contribution < -0.4 is 5.32 Å². The molecule has 6 rings (SSSR count). The van der Waals surface area contributed by atoms with Gasteiger partial charge in [0.05, 0.1) is 0 Å². The van der Waals surface area contributed by atoms with Crippen molar-refractivity contribution in [2.24, 2.45) is 23.2 Å². The monoisotopic (exact) mass is 413 g/mol. The summed E-state index contributed by atoms with van der Waals surface area (Å²) in [6, 6.07) is 0. The van der Waals surface area contributed by atoms with Gasteiger partial charge in [0.25, 0.3) is 0 Å². The Kier molecular flexibility index (Phi) is 5.31. The van der Waals surface area contributed by atoms with Gasteiger partial charge in [-0.25, -0.2) is 0 Å². The first-order valence-corrected chi connectivity index (χ1v) is 12.0. The summed E-state index contributed by atoms with van der Waals surface area (Å²) in [6.07, 6.45) is 11.5. The third kappa shape index (κ3) is 3.65. The average molecular weight is 414 g/mol. The third-order valence-corrected chi connectivity index (χ3v) is 8.27. The first-order valence-electron chi connectivity index (χ1n) is 12.0. The van der Waals surface area contributed by atoms with Crippen molar-refractivity contribution in [3.8, 4) is 0 Å². The molecule has 5 aliphatic rings. The molecule has 5 fully saturated rings. The first kappa shape index (κ1) is 20.0. The predicted molar refractivity (Wildman–Crippen MR) is 112 cm³/mol. The van der Waals surface area contributed by atoms with Crippen LogP contribution in [0.2, 0.25) is 0 Å². The highest BCUT2D eigenvalue weighted by Crippen LogP contribution is 2.60. The van der Waals surface area contributed by atoms with E-state index in [-0.39, 0.29) is 23.1 Å². The summed E-state index contributed by atoms with van der Waals surface area (Å²) >= 11 is 0. The lowest BCUT2D eigenvalue weighted by molar-refractivity contribution is -0.146. The molecule has 1 saturated heterocycles. The minimum Gasteiger partial charge on any atom is -0.355 e. The van der Waals surface area contributed by atoms with Gasteiger partial charge in [-0.2, -0.15) is 0 Å². The summed E-state index contributed by atoms with van der Waals surface area (Å²) < 4.78 is 2.07. The average Bonchev–Trinajstić information content (AvgIpc) is 3.21. The van der Waals surface area contributed by atoms with Crippen LogP contribution in [-0.4, -0.2) is 51.1 Å². The maximum Gasteiger partial charge on any atom is 0.226 e. The molecule has 1 aromatic rings. The second-order valence-corrected chi connectivity index (χ2v) is 10.4. The second kappa shape index (κ2) is 7.97. The molecule has 1 atom stereocenters. The fourth-order valence-electron chi connectivity index (χ4n) is 7.26. The summed E-state index contributed by atoms with van der Waals surface area (Å²) in [7, 11) is 0. The highest BCUT2D eigenvalue weighted by molar-refractivity contribution is 5.84. The van der Waals surface area contributed by atoms with Crippen LogP contribution in [0.25, 0.3) is 0 Å². The van der Waals surface area contributed by atoms with Crippen molar-refractivity contribution in [1.29, 1.82) is 0 Å². The fraction of sp³-hybridized carbons (Fsp3) is 0.826. The van der Waals surface area contributed by atoms with E-state index in [1.54, 1.807) is 6.33 Å². The number of amides is 2. The molecule has 4 saturated carbocycles. The molecule has 1 unspecified atom stereocenters. The standard InChI is InChI=1S/C23H35N5O2/c1-2-27-15-25-26-21(27)19-4-3-7-28(14-19)20(29)5-6-24-22(30)23-11-16-8-17(12-23)10-18(9-16)13-23/h15-19H,2-14H2,1H3,(H,24,30). The number of likely N-dealkylation sites (tertiary alicyclic amines) is 1. The Bertz CT molecular complexity index is 768. The summed E-state index contributed by atoms with van der Waals surface area (Å²) in [4.78, 5) is 27.9. The number of aryl methyl sites for hydroxylation is 1. The van der Waals surface area contributed by atoms with Crippen LogP contribution in [-0.2, 0) is 16.1 Å². The Labute approximate surface area is 179 Å². The van der Waals surface area contributed by atoms with E-state index in [9.17, 15) is 9.59 Å². The fourth-order valence-corrected chi connectivity index (χ4v) is 7.26. The van der Waals surface area contributed by atoms with Crippen LogP contribution >= 0.6 is 0 Å². The van der Waals surface area contributed by atoms with Gasteiger partial charge in [0.1, 0.15) is 12.2 Å². The smallest absolute Gasteiger partial charge is 0.226 e. The van der Waals surface area contributed by atoms with E-state index in [4.69, 9.17) is 0 Å². The molecule has 1 N–H and O–H groups in total. The van der Waals surface area contributed by atoms with Crippen molar-refractivity contribution in [2.45, 2.75) is 77.2 Å². The van der Waals surface area contributed by atoms with E-state index in [1.165, 1.54) is 19.3 Å². The first-order chi connectivity index (χ1) is 14.6. The quantitative estimate of drug-likeness (QED) is 0.778. The van der Waals surface area contributed by atoms with Crippen molar-refractivity contribution in [3.05, 3.63) is 12.2 Å². The Morgan fingerprint density at radius 2 is 1.87 bits per heavy atom. The lowest BCUT2D eigenvalue weighted by atomic mass is 9.49. The van der Waals surface area contributed by atoms with Crippen LogP contribution in [0.15, 0.2) is 6.33 Å². The van der Waals surface area contributed by atoms with Gasteiger partial charge >= 0.3 is 0 Å². The Morgan fingerprint density at radius 3 is 2.53 bits per heavy atom. The number of aromatic nitrogens is 3. The van der Waals surface area contributed by atoms with Crippen molar-refractivity contribution in [2.75, 3.05) is 19.6 Å². The van der Waals surface area contributed by atoms with Gasteiger partial charge in [0, 0.05) is 43.9 Å². The Morgan fingerprint density at radius 1 is 1.17 bits per heavy atom. The third-order valence-electron chi connectivity index (χ3n) is 8.27. The molecule has 0 radical (unpaired) electrons. The van der Waals surface area contributed by atoms with Gasteiger partial charge in [-0.1, -0.05) is 0 Å². The zero-order valence-corrected chi connectivity index (χ0v) is 18.2. The minimum absolute atomic E-state index is 0.127. The van der Waals surface area contributed by atoms with Crippen LogP contribution in [0, 0.1) is 23.2 Å². The maximum atomic E-state index is 13.1. The van der Waals surface area contributed by atoms with E-state index in [1.807, 2.05) is 4.90 Å². The van der Waals surface area contributed by atoms with Gasteiger partial charge in [-0.3, -0.25) is 9.59 Å². The van der Waals surface area contributed by atoms with Crippen LogP contribution in [0.3, 0.4) is 0 Å². The van der Waals surface area contributed by atoms with Gasteiger partial charge in [0.15, 0.2) is 0 Å². The predicted octanol–water partition coefficient (Wildman–Crippen LogP) is 2.73. The van der Waals surface area contributed by atoms with Gasteiger partial charge in [-0.15, -0.1) is 10.2 Å². The molecule has 4 aliphatic carbocycles. The Balaban J connectivity index is 1.13. The van der Waals surface area contributed by atoms with E-state index in [2.05, 4.69) is 27.0 Å². The number of hydrogen-bond donors (Lipinski definition) is 1. The molecular formula is C23H35N5O2. The number of nitrogens with one attached hydrogen (secondary N) is 1. The molecule has 0 spiro atoms. The number of carbonyl (C=O) groups is 2. The lowest BCUT2D eigenvalue weighted by Crippen LogP contribution is -2.54. The van der Waals surface area contributed by atoms with E-state index < -0.39 is 0 Å². The highest BCUT2D eigenvalue weighted by atomic mass is 16.2. The molecule has 4 bridgehead atoms. The van der Waals surface area contributed by atoms with E-state index in [0.29, 0.717) is 19.5 Å². The number of hydrogen-bond acceptors (Lipinski definition) is 4. The van der Waals surface area contributed by atoms with E-state index in [0.717, 1.165) is 68.8 Å². The van der Waals surface area contributed by atoms with E-state index >= 15 is 0 Å². The lowest BCUT2D eigenvalue weighted by Gasteiger charge is -2.55. The maximum absolute atomic E-state index is 13.1. The zero-order chi connectivity index (χ0) is 20.7. The largest absolute Gasteiger partial charge is 0.355 e. The molecule has 2 heterocycles. The molecular weight excluding hydrogens is 378 g/mol. The van der Waals surface area contributed by atoms with Crippen LogP contribution in [0.4, 0.5) is 0 Å². The molecule has 7 nitrogen and oxygen atoms in total.